The third-order valence-electron chi connectivity index (χ3n) is 4.52. The Morgan fingerprint density at radius 3 is 2.25 bits per heavy atom. The summed E-state index contributed by atoms with van der Waals surface area (Å²) in [7, 11) is 0. The summed E-state index contributed by atoms with van der Waals surface area (Å²) < 4.78 is 5.80. The molecular weight excluding hydrogens is 352 g/mol. The zero-order valence-electron chi connectivity index (χ0n) is 17.2. The van der Waals surface area contributed by atoms with E-state index in [2.05, 4.69) is 19.2 Å². The van der Waals surface area contributed by atoms with Crippen molar-refractivity contribution in [3.05, 3.63) is 59.7 Å². The molecule has 2 aromatic carbocycles. The van der Waals surface area contributed by atoms with Gasteiger partial charge in [-0.1, -0.05) is 26.0 Å². The molecule has 0 saturated carbocycles. The summed E-state index contributed by atoms with van der Waals surface area (Å²) >= 11 is 0. The van der Waals surface area contributed by atoms with Crippen LogP contribution in [0, 0.1) is 5.92 Å². The summed E-state index contributed by atoms with van der Waals surface area (Å²) in [4.78, 5) is 26.8. The lowest BCUT2D eigenvalue weighted by Gasteiger charge is -2.18. The molecule has 2 rings (SSSR count). The molecule has 5 nitrogen and oxygen atoms in total. The van der Waals surface area contributed by atoms with Gasteiger partial charge in [-0.15, -0.1) is 0 Å². The number of carbonyl (C=O) groups excluding carboxylic acids is 2. The number of anilines is 1. The molecule has 2 amide bonds. The molecular formula is C23H30N2O3. The number of amides is 2. The lowest BCUT2D eigenvalue weighted by Crippen LogP contribution is -2.30. The van der Waals surface area contributed by atoms with Crippen LogP contribution in [0.3, 0.4) is 0 Å². The first kappa shape index (κ1) is 21.5. The standard InChI is InChI=1S/C23H30N2O3/c1-5-25(6-2)23(27)18-11-13-19(14-12-18)24-22(26)20-9-7-8-10-21(20)28-16-15-17(3)4/h7-14,17H,5-6,15-16H2,1-4H3,(H,24,26). The van der Waals surface area contributed by atoms with Crippen LogP contribution in [0.2, 0.25) is 0 Å². The first-order valence-electron chi connectivity index (χ1n) is 9.88. The van der Waals surface area contributed by atoms with Gasteiger partial charge in [0.15, 0.2) is 0 Å². The Bertz CT molecular complexity index is 781. The van der Waals surface area contributed by atoms with Gasteiger partial charge in [-0.05, 0) is 62.6 Å². The van der Waals surface area contributed by atoms with Crippen molar-refractivity contribution >= 4 is 17.5 Å². The maximum atomic E-state index is 12.7. The molecule has 5 heteroatoms. The van der Waals surface area contributed by atoms with Crippen molar-refractivity contribution in [2.75, 3.05) is 25.0 Å². The molecule has 2 aromatic rings. The average molecular weight is 383 g/mol. The molecule has 0 unspecified atom stereocenters. The number of ether oxygens (including phenoxy) is 1. The predicted octanol–water partition coefficient (Wildman–Crippen LogP) is 4.85. The fourth-order valence-corrected chi connectivity index (χ4v) is 2.77. The van der Waals surface area contributed by atoms with Crippen LogP contribution in [0.1, 0.15) is 54.8 Å². The topological polar surface area (TPSA) is 58.6 Å². The van der Waals surface area contributed by atoms with Gasteiger partial charge in [0, 0.05) is 24.3 Å². The largest absolute Gasteiger partial charge is 0.493 e. The van der Waals surface area contributed by atoms with E-state index in [0.717, 1.165) is 6.42 Å². The number of rotatable bonds is 9. The van der Waals surface area contributed by atoms with Gasteiger partial charge in [-0.25, -0.2) is 0 Å². The summed E-state index contributed by atoms with van der Waals surface area (Å²) in [5.41, 5.74) is 1.74. The van der Waals surface area contributed by atoms with Crippen LogP contribution in [0.15, 0.2) is 48.5 Å². The van der Waals surface area contributed by atoms with E-state index in [1.54, 1.807) is 41.3 Å². The number of nitrogens with zero attached hydrogens (tertiary/aromatic N) is 1. The lowest BCUT2D eigenvalue weighted by atomic mass is 10.1. The van der Waals surface area contributed by atoms with Crippen molar-refractivity contribution in [3.8, 4) is 5.75 Å². The van der Waals surface area contributed by atoms with Crippen molar-refractivity contribution in [1.29, 1.82) is 0 Å². The van der Waals surface area contributed by atoms with E-state index in [1.165, 1.54) is 0 Å². The van der Waals surface area contributed by atoms with Crippen molar-refractivity contribution < 1.29 is 14.3 Å². The third kappa shape index (κ3) is 5.84. The van der Waals surface area contributed by atoms with E-state index in [4.69, 9.17) is 4.74 Å². The normalized spacial score (nSPS) is 10.6. The third-order valence-corrected chi connectivity index (χ3v) is 4.52. The van der Waals surface area contributed by atoms with Gasteiger partial charge in [0.05, 0.1) is 12.2 Å². The van der Waals surface area contributed by atoms with Gasteiger partial charge in [-0.3, -0.25) is 9.59 Å². The van der Waals surface area contributed by atoms with Crippen LogP contribution in [-0.4, -0.2) is 36.4 Å². The van der Waals surface area contributed by atoms with E-state index in [0.29, 0.717) is 48.2 Å². The van der Waals surface area contributed by atoms with Crippen LogP contribution >= 0.6 is 0 Å². The number of hydrogen-bond acceptors (Lipinski definition) is 3. The molecule has 0 aromatic heterocycles. The Balaban J connectivity index is 2.06. The van der Waals surface area contributed by atoms with Gasteiger partial charge in [-0.2, -0.15) is 0 Å². The van der Waals surface area contributed by atoms with Gasteiger partial charge >= 0.3 is 0 Å². The van der Waals surface area contributed by atoms with Crippen LogP contribution in [0.4, 0.5) is 5.69 Å². The second-order valence-corrected chi connectivity index (χ2v) is 7.04. The molecule has 0 aliphatic rings. The summed E-state index contributed by atoms with van der Waals surface area (Å²) in [6.45, 7) is 10.1. The number of para-hydroxylation sites is 1. The van der Waals surface area contributed by atoms with Crippen molar-refractivity contribution in [2.24, 2.45) is 5.92 Å². The molecule has 0 spiro atoms. The highest BCUT2D eigenvalue weighted by atomic mass is 16.5. The zero-order chi connectivity index (χ0) is 20.5. The first-order chi connectivity index (χ1) is 13.5. The van der Waals surface area contributed by atoms with Crippen molar-refractivity contribution in [1.82, 2.24) is 4.90 Å². The maximum Gasteiger partial charge on any atom is 0.259 e. The van der Waals surface area contributed by atoms with Gasteiger partial charge < -0.3 is 15.0 Å². The van der Waals surface area contributed by atoms with Crippen molar-refractivity contribution in [2.45, 2.75) is 34.1 Å². The molecule has 150 valence electrons. The highest BCUT2D eigenvalue weighted by Crippen LogP contribution is 2.21. The molecule has 28 heavy (non-hydrogen) atoms. The lowest BCUT2D eigenvalue weighted by molar-refractivity contribution is 0.0773. The maximum absolute atomic E-state index is 12.7. The highest BCUT2D eigenvalue weighted by Gasteiger charge is 2.14. The molecule has 0 bridgehead atoms. The van der Waals surface area contributed by atoms with E-state index in [9.17, 15) is 9.59 Å². The molecule has 0 aliphatic heterocycles. The Hall–Kier alpha value is -2.82. The Morgan fingerprint density at radius 2 is 1.64 bits per heavy atom. The molecule has 0 aliphatic carbocycles. The first-order valence-corrected chi connectivity index (χ1v) is 9.88. The fraction of sp³-hybridized carbons (Fsp3) is 0.391. The summed E-state index contributed by atoms with van der Waals surface area (Å²) in [6, 6.07) is 14.2. The summed E-state index contributed by atoms with van der Waals surface area (Å²) in [5.74, 6) is 0.877. The minimum atomic E-state index is -0.233. The predicted molar refractivity (Wildman–Crippen MR) is 113 cm³/mol. The Kier molecular flexibility index (Phi) is 8.05. The van der Waals surface area contributed by atoms with Gasteiger partial charge in [0.1, 0.15) is 5.75 Å². The van der Waals surface area contributed by atoms with E-state index in [-0.39, 0.29) is 11.8 Å². The Morgan fingerprint density at radius 1 is 1.00 bits per heavy atom. The quantitative estimate of drug-likeness (QED) is 0.675. The summed E-state index contributed by atoms with van der Waals surface area (Å²) in [5, 5.41) is 2.88. The number of benzene rings is 2. The SMILES string of the molecule is CCN(CC)C(=O)c1ccc(NC(=O)c2ccccc2OCCC(C)C)cc1. The minimum absolute atomic E-state index is 0.00762. The molecule has 0 fully saturated rings. The van der Waals surface area contributed by atoms with E-state index < -0.39 is 0 Å². The minimum Gasteiger partial charge on any atom is -0.493 e. The second kappa shape index (κ2) is 10.5. The number of carbonyl (C=O) groups is 2. The zero-order valence-corrected chi connectivity index (χ0v) is 17.2. The molecule has 0 saturated heterocycles. The van der Waals surface area contributed by atoms with Crippen LogP contribution in [0.25, 0.3) is 0 Å². The monoisotopic (exact) mass is 382 g/mol. The molecule has 0 atom stereocenters. The molecule has 1 N–H and O–H groups in total. The fourth-order valence-electron chi connectivity index (χ4n) is 2.77. The van der Waals surface area contributed by atoms with Crippen LogP contribution in [-0.2, 0) is 0 Å². The smallest absolute Gasteiger partial charge is 0.259 e. The molecule has 0 heterocycles. The van der Waals surface area contributed by atoms with Crippen LogP contribution < -0.4 is 10.1 Å². The van der Waals surface area contributed by atoms with Crippen LogP contribution in [0.5, 0.6) is 5.75 Å². The highest BCUT2D eigenvalue weighted by molar-refractivity contribution is 6.06. The van der Waals surface area contributed by atoms with Gasteiger partial charge in [0.2, 0.25) is 0 Å². The Labute approximate surface area is 167 Å². The average Bonchev–Trinajstić information content (AvgIpc) is 2.69. The second-order valence-electron chi connectivity index (χ2n) is 7.04. The van der Waals surface area contributed by atoms with E-state index >= 15 is 0 Å². The number of nitrogens with one attached hydrogen (secondary N) is 1. The van der Waals surface area contributed by atoms with Crippen molar-refractivity contribution in [3.63, 3.8) is 0 Å². The summed E-state index contributed by atoms with van der Waals surface area (Å²) in [6.07, 6.45) is 0.929. The molecule has 0 radical (unpaired) electrons. The number of hydrogen-bond donors (Lipinski definition) is 1. The van der Waals surface area contributed by atoms with E-state index in [1.807, 2.05) is 26.0 Å². The van der Waals surface area contributed by atoms with Gasteiger partial charge in [0.25, 0.3) is 11.8 Å².